The molecule has 1 saturated heterocycles. The van der Waals surface area contributed by atoms with Crippen molar-refractivity contribution in [3.05, 3.63) is 0 Å². The van der Waals surface area contributed by atoms with Crippen molar-refractivity contribution in [2.45, 2.75) is 31.3 Å². The van der Waals surface area contributed by atoms with Crippen LogP contribution in [0.25, 0.3) is 0 Å². The van der Waals surface area contributed by atoms with E-state index in [2.05, 4.69) is 37.1 Å². The lowest BCUT2D eigenvalue weighted by atomic mass is 9.87. The maximum absolute atomic E-state index is 6.06. The molecule has 3 nitrogen and oxygen atoms in total. The van der Waals surface area contributed by atoms with Crippen LogP contribution >= 0.6 is 11.8 Å². The molecule has 0 aliphatic carbocycles. The minimum Gasteiger partial charge on any atom is -0.329 e. The molecule has 1 fully saturated rings. The van der Waals surface area contributed by atoms with E-state index < -0.39 is 0 Å². The number of nitrogens with two attached hydrogens (primary N) is 1. The van der Waals surface area contributed by atoms with Gasteiger partial charge in [-0.2, -0.15) is 11.8 Å². The number of nitrogens with zero attached hydrogens (tertiary/aromatic N) is 2. The molecule has 0 saturated carbocycles. The summed E-state index contributed by atoms with van der Waals surface area (Å²) in [6.07, 6.45) is 4.68. The van der Waals surface area contributed by atoms with Crippen molar-refractivity contribution in [2.24, 2.45) is 5.73 Å². The summed E-state index contributed by atoms with van der Waals surface area (Å²) in [5.74, 6) is 1.18. The third kappa shape index (κ3) is 3.13. The Bertz CT molecular complexity index is 212. The van der Waals surface area contributed by atoms with Crippen LogP contribution in [0.3, 0.4) is 0 Å². The van der Waals surface area contributed by atoms with Gasteiger partial charge in [-0.3, -0.25) is 4.90 Å². The first-order valence-corrected chi connectivity index (χ1v) is 7.55. The van der Waals surface area contributed by atoms with E-state index in [1.54, 1.807) is 0 Å². The first-order chi connectivity index (χ1) is 7.55. The first kappa shape index (κ1) is 14.3. The van der Waals surface area contributed by atoms with Gasteiger partial charge in [0.15, 0.2) is 0 Å². The molecule has 2 unspecified atom stereocenters. The smallest absolute Gasteiger partial charge is 0.0458 e. The molecule has 0 aromatic carbocycles. The molecule has 0 aromatic rings. The van der Waals surface area contributed by atoms with Crippen molar-refractivity contribution in [1.82, 2.24) is 9.80 Å². The van der Waals surface area contributed by atoms with Crippen LogP contribution < -0.4 is 5.73 Å². The molecule has 16 heavy (non-hydrogen) atoms. The molecule has 1 aliphatic rings. The Labute approximate surface area is 105 Å². The molecule has 96 valence electrons. The van der Waals surface area contributed by atoms with Gasteiger partial charge in [0.05, 0.1) is 0 Å². The van der Waals surface area contributed by atoms with Crippen molar-refractivity contribution in [2.75, 3.05) is 45.7 Å². The predicted octanol–water partition coefficient (Wildman–Crippen LogP) is 1.09. The van der Waals surface area contributed by atoms with Crippen LogP contribution in [0.5, 0.6) is 0 Å². The summed E-state index contributed by atoms with van der Waals surface area (Å²) >= 11 is 1.92. The molecule has 0 spiro atoms. The highest BCUT2D eigenvalue weighted by molar-refractivity contribution is 7.98. The molecular weight excluding hydrogens is 218 g/mol. The molecule has 0 bridgehead atoms. The van der Waals surface area contributed by atoms with Crippen LogP contribution in [-0.4, -0.2) is 67.1 Å². The summed E-state index contributed by atoms with van der Waals surface area (Å²) < 4.78 is 0. The average molecular weight is 245 g/mol. The van der Waals surface area contributed by atoms with Gasteiger partial charge in [-0.15, -0.1) is 0 Å². The van der Waals surface area contributed by atoms with E-state index in [0.29, 0.717) is 6.04 Å². The number of likely N-dealkylation sites (N-methyl/N-ethyl adjacent to an activating group) is 2. The van der Waals surface area contributed by atoms with E-state index in [1.165, 1.54) is 25.1 Å². The topological polar surface area (TPSA) is 32.5 Å². The minimum atomic E-state index is 0.197. The lowest BCUT2D eigenvalue weighted by Gasteiger charge is -2.49. The molecule has 2 N–H and O–H groups in total. The standard InChI is InChI=1S/C12H27N3S/c1-11(8-16-4)15(3)12(9-13)6-5-7-14(2)10-12/h11H,5-10,13H2,1-4H3. The zero-order chi connectivity index (χ0) is 12.2. The zero-order valence-electron chi connectivity index (χ0n) is 11.2. The van der Waals surface area contributed by atoms with Gasteiger partial charge in [0.1, 0.15) is 0 Å². The Morgan fingerprint density at radius 1 is 1.56 bits per heavy atom. The fourth-order valence-electron chi connectivity index (χ4n) is 2.76. The SMILES string of the molecule is CSCC(C)N(C)C1(CN)CCCN(C)C1. The van der Waals surface area contributed by atoms with E-state index in [1.807, 2.05) is 11.8 Å². The summed E-state index contributed by atoms with van der Waals surface area (Å²) in [7, 11) is 4.45. The number of rotatable bonds is 5. The van der Waals surface area contributed by atoms with E-state index in [-0.39, 0.29) is 5.54 Å². The van der Waals surface area contributed by atoms with Gasteiger partial charge >= 0.3 is 0 Å². The number of piperidine rings is 1. The lowest BCUT2D eigenvalue weighted by Crippen LogP contribution is -2.63. The Morgan fingerprint density at radius 3 is 2.75 bits per heavy atom. The Hall–Kier alpha value is 0.230. The maximum atomic E-state index is 6.06. The number of hydrogen-bond donors (Lipinski definition) is 1. The first-order valence-electron chi connectivity index (χ1n) is 6.16. The van der Waals surface area contributed by atoms with Crippen molar-refractivity contribution in [1.29, 1.82) is 0 Å². The number of hydrogen-bond acceptors (Lipinski definition) is 4. The Kier molecular flexibility index (Phi) is 5.57. The summed E-state index contributed by atoms with van der Waals surface area (Å²) in [5.41, 5.74) is 6.26. The van der Waals surface area contributed by atoms with Crippen LogP contribution in [0.1, 0.15) is 19.8 Å². The molecule has 1 heterocycles. The van der Waals surface area contributed by atoms with Crippen molar-refractivity contribution in [3.63, 3.8) is 0 Å². The maximum Gasteiger partial charge on any atom is 0.0458 e. The van der Waals surface area contributed by atoms with Crippen LogP contribution in [-0.2, 0) is 0 Å². The van der Waals surface area contributed by atoms with Gasteiger partial charge < -0.3 is 10.6 Å². The molecular formula is C12H27N3S. The average Bonchev–Trinajstić information content (AvgIpc) is 2.28. The summed E-state index contributed by atoms with van der Waals surface area (Å²) in [6.45, 7) is 5.40. The summed E-state index contributed by atoms with van der Waals surface area (Å²) in [6, 6.07) is 0.602. The fraction of sp³-hybridized carbons (Fsp3) is 1.00. The summed E-state index contributed by atoms with van der Waals surface area (Å²) in [4.78, 5) is 4.93. The summed E-state index contributed by atoms with van der Waals surface area (Å²) in [5, 5.41) is 0. The minimum absolute atomic E-state index is 0.197. The lowest BCUT2D eigenvalue weighted by molar-refractivity contribution is 0.0261. The van der Waals surface area contributed by atoms with E-state index in [0.717, 1.165) is 13.1 Å². The van der Waals surface area contributed by atoms with Crippen LogP contribution in [0.2, 0.25) is 0 Å². The van der Waals surface area contributed by atoms with E-state index >= 15 is 0 Å². The van der Waals surface area contributed by atoms with Gasteiger partial charge in [0.25, 0.3) is 0 Å². The van der Waals surface area contributed by atoms with Gasteiger partial charge in [-0.25, -0.2) is 0 Å². The second-order valence-electron chi connectivity index (χ2n) is 5.19. The molecule has 0 aromatic heterocycles. The molecule has 4 heteroatoms. The van der Waals surface area contributed by atoms with Crippen LogP contribution in [0.4, 0.5) is 0 Å². The van der Waals surface area contributed by atoms with E-state index in [4.69, 9.17) is 5.73 Å². The molecule has 2 atom stereocenters. The third-order valence-electron chi connectivity index (χ3n) is 3.94. The van der Waals surface area contributed by atoms with Crippen LogP contribution in [0, 0.1) is 0 Å². The van der Waals surface area contributed by atoms with Crippen molar-refractivity contribution in [3.8, 4) is 0 Å². The highest BCUT2D eigenvalue weighted by Crippen LogP contribution is 2.27. The zero-order valence-corrected chi connectivity index (χ0v) is 12.0. The molecule has 1 aliphatic heterocycles. The Balaban J connectivity index is 2.70. The highest BCUT2D eigenvalue weighted by atomic mass is 32.2. The normalized spacial score (nSPS) is 29.6. The molecule has 0 radical (unpaired) electrons. The predicted molar refractivity (Wildman–Crippen MR) is 74.1 cm³/mol. The van der Waals surface area contributed by atoms with Gasteiger partial charge in [0, 0.05) is 30.4 Å². The second kappa shape index (κ2) is 6.24. The monoisotopic (exact) mass is 245 g/mol. The van der Waals surface area contributed by atoms with Gasteiger partial charge in [-0.1, -0.05) is 0 Å². The van der Waals surface area contributed by atoms with E-state index in [9.17, 15) is 0 Å². The largest absolute Gasteiger partial charge is 0.329 e. The third-order valence-corrected chi connectivity index (χ3v) is 4.76. The highest BCUT2D eigenvalue weighted by Gasteiger charge is 2.38. The Morgan fingerprint density at radius 2 is 2.25 bits per heavy atom. The van der Waals surface area contributed by atoms with Crippen molar-refractivity contribution >= 4 is 11.8 Å². The quantitative estimate of drug-likeness (QED) is 0.786. The van der Waals surface area contributed by atoms with Crippen LogP contribution in [0.15, 0.2) is 0 Å². The second-order valence-corrected chi connectivity index (χ2v) is 6.10. The number of thioether (sulfide) groups is 1. The van der Waals surface area contributed by atoms with Gasteiger partial charge in [0.2, 0.25) is 0 Å². The van der Waals surface area contributed by atoms with Gasteiger partial charge in [-0.05, 0) is 46.7 Å². The number of likely N-dealkylation sites (tertiary alicyclic amines) is 1. The molecule has 1 rings (SSSR count). The fourth-order valence-corrected chi connectivity index (χ4v) is 3.46. The molecule has 0 amide bonds. The van der Waals surface area contributed by atoms with Crippen molar-refractivity contribution < 1.29 is 0 Å².